The van der Waals surface area contributed by atoms with Crippen LogP contribution in [0.4, 0.5) is 5.13 Å². The first-order valence-electron chi connectivity index (χ1n) is 7.00. The largest absolute Gasteiger partial charge is 0.374 e. The van der Waals surface area contributed by atoms with Crippen LogP contribution in [0.1, 0.15) is 38.1 Å². The summed E-state index contributed by atoms with van der Waals surface area (Å²) >= 11 is 1.49. The van der Waals surface area contributed by atoms with E-state index in [-0.39, 0.29) is 6.10 Å². The number of methoxy groups -OCH3 is 1. The summed E-state index contributed by atoms with van der Waals surface area (Å²) in [6.07, 6.45) is 3.79. The summed E-state index contributed by atoms with van der Waals surface area (Å²) in [5.41, 5.74) is 0. The Morgan fingerprint density at radius 3 is 2.84 bits per heavy atom. The highest BCUT2D eigenvalue weighted by atomic mass is 32.1. The first-order valence-corrected chi connectivity index (χ1v) is 7.78. The molecule has 19 heavy (non-hydrogen) atoms. The third kappa shape index (κ3) is 3.87. The van der Waals surface area contributed by atoms with Crippen LogP contribution in [0.25, 0.3) is 0 Å². The van der Waals surface area contributed by atoms with Crippen molar-refractivity contribution in [2.24, 2.45) is 5.92 Å². The zero-order valence-electron chi connectivity index (χ0n) is 12.1. The molecule has 2 heterocycles. The highest BCUT2D eigenvalue weighted by Crippen LogP contribution is 2.27. The highest BCUT2D eigenvalue weighted by Gasteiger charge is 2.22. The van der Waals surface area contributed by atoms with Crippen LogP contribution >= 0.6 is 11.5 Å². The van der Waals surface area contributed by atoms with Crippen molar-refractivity contribution in [1.82, 2.24) is 14.7 Å². The maximum atomic E-state index is 5.25. The van der Waals surface area contributed by atoms with Gasteiger partial charge >= 0.3 is 0 Å². The summed E-state index contributed by atoms with van der Waals surface area (Å²) in [6, 6.07) is 0. The summed E-state index contributed by atoms with van der Waals surface area (Å²) < 4.78 is 9.64. The summed E-state index contributed by atoms with van der Waals surface area (Å²) in [7, 11) is 3.72. The standard InChI is InChI=1S/C13H24N4OS/c1-10(18-3)12-15-13(19-16-12)17-8-5-11(6-9-17)4-7-14-2/h10-11,14H,4-9H2,1-3H3. The second-order valence-electron chi connectivity index (χ2n) is 5.14. The molecule has 1 aliphatic rings. The number of nitrogens with one attached hydrogen (secondary N) is 1. The molecule has 0 radical (unpaired) electrons. The van der Waals surface area contributed by atoms with Crippen LogP contribution < -0.4 is 10.2 Å². The molecular weight excluding hydrogens is 260 g/mol. The van der Waals surface area contributed by atoms with Crippen molar-refractivity contribution in [2.45, 2.75) is 32.3 Å². The van der Waals surface area contributed by atoms with Crippen LogP contribution in [0, 0.1) is 5.92 Å². The monoisotopic (exact) mass is 284 g/mol. The van der Waals surface area contributed by atoms with Crippen LogP contribution in [-0.4, -0.2) is 43.1 Å². The molecule has 0 aliphatic carbocycles. The predicted molar refractivity (Wildman–Crippen MR) is 78.8 cm³/mol. The van der Waals surface area contributed by atoms with Crippen molar-refractivity contribution in [2.75, 3.05) is 38.7 Å². The van der Waals surface area contributed by atoms with Crippen LogP contribution in [0.5, 0.6) is 0 Å². The fourth-order valence-corrected chi connectivity index (χ4v) is 3.18. The number of rotatable bonds is 6. The molecular formula is C13H24N4OS. The van der Waals surface area contributed by atoms with Crippen molar-refractivity contribution >= 4 is 16.7 Å². The third-order valence-corrected chi connectivity index (χ3v) is 4.63. The average molecular weight is 284 g/mol. The normalized spacial score (nSPS) is 18.8. The maximum absolute atomic E-state index is 5.25. The van der Waals surface area contributed by atoms with Gasteiger partial charge < -0.3 is 15.0 Å². The van der Waals surface area contributed by atoms with Crippen LogP contribution in [-0.2, 0) is 4.74 Å². The molecule has 108 valence electrons. The molecule has 1 N–H and O–H groups in total. The maximum Gasteiger partial charge on any atom is 0.205 e. The van der Waals surface area contributed by atoms with E-state index in [1.54, 1.807) is 7.11 Å². The van der Waals surface area contributed by atoms with E-state index in [2.05, 4.69) is 19.6 Å². The van der Waals surface area contributed by atoms with Crippen molar-refractivity contribution in [3.05, 3.63) is 5.82 Å². The van der Waals surface area contributed by atoms with Crippen molar-refractivity contribution in [3.63, 3.8) is 0 Å². The van der Waals surface area contributed by atoms with Gasteiger partial charge in [0.25, 0.3) is 0 Å². The van der Waals surface area contributed by atoms with E-state index in [0.29, 0.717) is 0 Å². The number of anilines is 1. The molecule has 1 aliphatic heterocycles. The van der Waals surface area contributed by atoms with Crippen LogP contribution in [0.2, 0.25) is 0 Å². The van der Waals surface area contributed by atoms with Gasteiger partial charge in [-0.15, -0.1) is 0 Å². The van der Waals surface area contributed by atoms with Crippen LogP contribution in [0.3, 0.4) is 0 Å². The van der Waals surface area contributed by atoms with E-state index in [1.807, 2.05) is 14.0 Å². The number of hydrogen-bond donors (Lipinski definition) is 1. The Morgan fingerprint density at radius 1 is 1.47 bits per heavy atom. The van der Waals surface area contributed by atoms with Gasteiger partial charge in [-0.3, -0.25) is 0 Å². The van der Waals surface area contributed by atoms with Gasteiger partial charge in [-0.25, -0.2) is 4.98 Å². The lowest BCUT2D eigenvalue weighted by molar-refractivity contribution is 0.113. The molecule has 2 rings (SSSR count). The van der Waals surface area contributed by atoms with Crippen LogP contribution in [0.15, 0.2) is 0 Å². The topological polar surface area (TPSA) is 50.3 Å². The van der Waals surface area contributed by atoms with Crippen molar-refractivity contribution in [3.8, 4) is 0 Å². The van der Waals surface area contributed by atoms with E-state index in [1.165, 1.54) is 30.8 Å². The lowest BCUT2D eigenvalue weighted by atomic mass is 9.94. The minimum Gasteiger partial charge on any atom is -0.374 e. The van der Waals surface area contributed by atoms with Gasteiger partial charge in [0.2, 0.25) is 5.13 Å². The Morgan fingerprint density at radius 2 is 2.21 bits per heavy atom. The van der Waals surface area contributed by atoms with Crippen molar-refractivity contribution in [1.29, 1.82) is 0 Å². The smallest absolute Gasteiger partial charge is 0.205 e. The number of ether oxygens (including phenoxy) is 1. The Balaban J connectivity index is 1.85. The number of hydrogen-bond acceptors (Lipinski definition) is 6. The molecule has 1 aromatic heterocycles. The van der Waals surface area contributed by atoms with Gasteiger partial charge in [-0.1, -0.05) is 0 Å². The SMILES string of the molecule is CNCCC1CCN(c2nc(C(C)OC)ns2)CC1. The van der Waals surface area contributed by atoms with Gasteiger partial charge in [-0.05, 0) is 45.7 Å². The predicted octanol–water partition coefficient (Wildman–Crippen LogP) is 2.07. The molecule has 6 heteroatoms. The second-order valence-corrected chi connectivity index (χ2v) is 5.87. The molecule has 0 saturated carbocycles. The first kappa shape index (κ1) is 14.7. The Bertz CT molecular complexity index is 376. The molecule has 1 unspecified atom stereocenters. The van der Waals surface area contributed by atoms with E-state index >= 15 is 0 Å². The fraction of sp³-hybridized carbons (Fsp3) is 0.846. The molecule has 0 bridgehead atoms. The van der Waals surface area contributed by atoms with Gasteiger partial charge in [-0.2, -0.15) is 4.37 Å². The highest BCUT2D eigenvalue weighted by molar-refractivity contribution is 7.09. The molecule has 1 saturated heterocycles. The first-order chi connectivity index (χ1) is 9.24. The lowest BCUT2D eigenvalue weighted by Gasteiger charge is -2.31. The zero-order valence-corrected chi connectivity index (χ0v) is 12.9. The number of piperidine rings is 1. The quantitative estimate of drug-likeness (QED) is 0.866. The van der Waals surface area contributed by atoms with E-state index in [0.717, 1.165) is 36.5 Å². The van der Waals surface area contributed by atoms with Gasteiger partial charge in [0, 0.05) is 31.7 Å². The van der Waals surface area contributed by atoms with E-state index in [9.17, 15) is 0 Å². The number of aromatic nitrogens is 2. The van der Waals surface area contributed by atoms with Gasteiger partial charge in [0.15, 0.2) is 5.82 Å². The Kier molecular flexibility index (Phi) is 5.54. The third-order valence-electron chi connectivity index (χ3n) is 3.84. The molecule has 0 amide bonds. The fourth-order valence-electron chi connectivity index (χ4n) is 2.39. The molecule has 1 atom stereocenters. The summed E-state index contributed by atoms with van der Waals surface area (Å²) in [5, 5.41) is 4.28. The molecule has 5 nitrogen and oxygen atoms in total. The molecule has 1 fully saturated rings. The average Bonchev–Trinajstić information content (AvgIpc) is 2.94. The molecule has 0 aromatic carbocycles. The second kappa shape index (κ2) is 7.17. The van der Waals surface area contributed by atoms with Crippen molar-refractivity contribution < 1.29 is 4.74 Å². The zero-order chi connectivity index (χ0) is 13.7. The molecule has 0 spiro atoms. The summed E-state index contributed by atoms with van der Waals surface area (Å²) in [6.45, 7) is 5.31. The minimum absolute atomic E-state index is 0.0156. The van der Waals surface area contributed by atoms with E-state index in [4.69, 9.17) is 4.74 Å². The lowest BCUT2D eigenvalue weighted by Crippen LogP contribution is -2.34. The minimum atomic E-state index is -0.0156. The summed E-state index contributed by atoms with van der Waals surface area (Å²) in [5.74, 6) is 1.66. The summed E-state index contributed by atoms with van der Waals surface area (Å²) in [4.78, 5) is 6.95. The Labute approximate surface area is 119 Å². The van der Waals surface area contributed by atoms with E-state index < -0.39 is 0 Å². The van der Waals surface area contributed by atoms with Gasteiger partial charge in [0.1, 0.15) is 6.10 Å². The molecule has 1 aromatic rings. The van der Waals surface area contributed by atoms with Gasteiger partial charge in [0.05, 0.1) is 0 Å². The Hall–Kier alpha value is -0.720. The number of nitrogens with zero attached hydrogens (tertiary/aromatic N) is 3.